The Bertz CT molecular complexity index is 490. The number of hydrogen-bond acceptors (Lipinski definition) is 4. The first-order valence-electron chi connectivity index (χ1n) is 5.80. The van der Waals surface area contributed by atoms with Crippen LogP contribution in [0.3, 0.4) is 0 Å². The molecule has 0 bridgehead atoms. The first kappa shape index (κ1) is 14.3. The molecule has 0 unspecified atom stereocenters. The van der Waals surface area contributed by atoms with Crippen LogP contribution in [0, 0.1) is 0 Å². The van der Waals surface area contributed by atoms with Crippen LogP contribution in [0.25, 0.3) is 0 Å². The lowest BCUT2D eigenvalue weighted by Crippen LogP contribution is -2.28. The van der Waals surface area contributed by atoms with E-state index < -0.39 is 18.9 Å². The van der Waals surface area contributed by atoms with Gasteiger partial charge >= 0.3 is 12.3 Å². The zero-order valence-corrected chi connectivity index (χ0v) is 10.3. The summed E-state index contributed by atoms with van der Waals surface area (Å²) in [7, 11) is 0. The van der Waals surface area contributed by atoms with Gasteiger partial charge in [-0.3, -0.25) is 0 Å². The van der Waals surface area contributed by atoms with Crippen molar-refractivity contribution in [2.45, 2.75) is 12.7 Å². The van der Waals surface area contributed by atoms with Crippen LogP contribution >= 0.6 is 0 Å². The Morgan fingerprint density at radius 1 is 1.25 bits per heavy atom. The molecule has 0 spiro atoms. The Hall–Kier alpha value is -2.12. The molecule has 5 nitrogen and oxygen atoms in total. The van der Waals surface area contributed by atoms with Crippen molar-refractivity contribution in [1.29, 1.82) is 0 Å². The number of carbonyl (C=O) groups is 1. The van der Waals surface area contributed by atoms with E-state index in [4.69, 9.17) is 9.47 Å². The highest BCUT2D eigenvalue weighted by Crippen LogP contribution is 2.30. The zero-order valence-electron chi connectivity index (χ0n) is 10.3. The van der Waals surface area contributed by atoms with Gasteiger partial charge in [0.15, 0.2) is 18.1 Å². The molecule has 1 aliphatic heterocycles. The smallest absolute Gasteiger partial charge is 0.422 e. The fourth-order valence-corrected chi connectivity index (χ4v) is 1.57. The lowest BCUT2D eigenvalue weighted by Gasteiger charge is -2.19. The van der Waals surface area contributed by atoms with E-state index in [1.165, 1.54) is 0 Å². The van der Waals surface area contributed by atoms with Gasteiger partial charge in [0, 0.05) is 6.54 Å². The van der Waals surface area contributed by atoms with E-state index in [2.05, 4.69) is 10.1 Å². The van der Waals surface area contributed by atoms with E-state index in [-0.39, 0.29) is 6.54 Å². The number of benzene rings is 1. The molecular weight excluding hydrogens is 279 g/mol. The van der Waals surface area contributed by atoms with Gasteiger partial charge in [-0.2, -0.15) is 13.2 Å². The molecule has 0 aliphatic carbocycles. The third-order valence-electron chi connectivity index (χ3n) is 2.41. The second-order valence-corrected chi connectivity index (χ2v) is 4.02. The summed E-state index contributed by atoms with van der Waals surface area (Å²) in [5.41, 5.74) is 0.665. The highest BCUT2D eigenvalue weighted by atomic mass is 19.4. The van der Waals surface area contributed by atoms with Gasteiger partial charge in [0.1, 0.15) is 13.2 Å². The largest absolute Gasteiger partial charge is 0.486 e. The average molecular weight is 291 g/mol. The predicted octanol–water partition coefficient (Wildman–Crippen LogP) is 2.25. The molecule has 20 heavy (non-hydrogen) atoms. The summed E-state index contributed by atoms with van der Waals surface area (Å²) < 4.78 is 50.2. The monoisotopic (exact) mass is 291 g/mol. The summed E-state index contributed by atoms with van der Waals surface area (Å²) in [6.45, 7) is -0.681. The van der Waals surface area contributed by atoms with Crippen LogP contribution in [0.2, 0.25) is 0 Å². The van der Waals surface area contributed by atoms with E-state index in [0.717, 1.165) is 0 Å². The van der Waals surface area contributed by atoms with E-state index in [9.17, 15) is 18.0 Å². The molecule has 0 atom stereocenters. The van der Waals surface area contributed by atoms with E-state index in [1.54, 1.807) is 18.2 Å². The molecule has 1 aromatic rings. The lowest BCUT2D eigenvalue weighted by molar-refractivity contribution is -0.160. The molecule has 1 heterocycles. The number of ether oxygens (including phenoxy) is 3. The minimum Gasteiger partial charge on any atom is -0.486 e. The van der Waals surface area contributed by atoms with Gasteiger partial charge in [0.2, 0.25) is 0 Å². The average Bonchev–Trinajstić information content (AvgIpc) is 2.42. The maximum atomic E-state index is 11.8. The molecule has 1 amide bonds. The predicted molar refractivity (Wildman–Crippen MR) is 61.7 cm³/mol. The van der Waals surface area contributed by atoms with Crippen LogP contribution in [-0.2, 0) is 11.3 Å². The molecule has 2 rings (SSSR count). The first-order chi connectivity index (χ1) is 9.44. The first-order valence-corrected chi connectivity index (χ1v) is 5.80. The number of fused-ring (bicyclic) bond motifs is 1. The van der Waals surface area contributed by atoms with Crippen molar-refractivity contribution in [2.24, 2.45) is 0 Å². The van der Waals surface area contributed by atoms with Gasteiger partial charge in [0.25, 0.3) is 0 Å². The lowest BCUT2D eigenvalue weighted by atomic mass is 10.2. The van der Waals surface area contributed by atoms with Crippen LogP contribution in [-0.4, -0.2) is 32.1 Å². The molecule has 0 aromatic heterocycles. The summed E-state index contributed by atoms with van der Waals surface area (Å²) in [4.78, 5) is 11.1. The molecular formula is C12H12F3NO4. The molecule has 1 N–H and O–H groups in total. The second kappa shape index (κ2) is 5.89. The Balaban J connectivity index is 1.83. The Morgan fingerprint density at radius 2 is 1.95 bits per heavy atom. The van der Waals surface area contributed by atoms with Crippen molar-refractivity contribution in [3.8, 4) is 11.5 Å². The standard InChI is InChI=1S/C12H12F3NO4/c13-12(14,15)7-20-11(17)16-6-8-1-2-9-10(5-8)19-4-3-18-9/h1-2,5H,3-4,6-7H2,(H,16,17). The minimum absolute atomic E-state index is 0.0351. The number of nitrogens with one attached hydrogen (secondary N) is 1. The maximum absolute atomic E-state index is 11.8. The van der Waals surface area contributed by atoms with Gasteiger partial charge in [-0.05, 0) is 17.7 Å². The third-order valence-corrected chi connectivity index (χ3v) is 2.41. The summed E-state index contributed by atoms with van der Waals surface area (Å²) in [5, 5.41) is 2.22. The van der Waals surface area contributed by atoms with Crippen molar-refractivity contribution in [1.82, 2.24) is 5.32 Å². The Morgan fingerprint density at radius 3 is 2.65 bits per heavy atom. The van der Waals surface area contributed by atoms with Crippen LogP contribution in [0.4, 0.5) is 18.0 Å². The van der Waals surface area contributed by atoms with E-state index in [1.807, 2.05) is 0 Å². The Kier molecular flexibility index (Phi) is 4.21. The van der Waals surface area contributed by atoms with Gasteiger partial charge in [-0.15, -0.1) is 0 Å². The number of halogens is 3. The molecule has 8 heteroatoms. The minimum atomic E-state index is -4.53. The summed E-state index contributed by atoms with van der Waals surface area (Å²) in [6, 6.07) is 5.00. The summed E-state index contributed by atoms with van der Waals surface area (Å²) in [5.74, 6) is 1.14. The topological polar surface area (TPSA) is 56.8 Å². The number of amides is 1. The van der Waals surface area contributed by atoms with Crippen LogP contribution < -0.4 is 14.8 Å². The normalized spacial score (nSPS) is 13.8. The van der Waals surface area contributed by atoms with Crippen LogP contribution in [0.15, 0.2) is 18.2 Å². The molecule has 0 saturated heterocycles. The van der Waals surface area contributed by atoms with Crippen molar-refractivity contribution in [2.75, 3.05) is 19.8 Å². The van der Waals surface area contributed by atoms with Gasteiger partial charge in [-0.25, -0.2) is 4.79 Å². The fourth-order valence-electron chi connectivity index (χ4n) is 1.57. The molecule has 0 fully saturated rings. The number of rotatable bonds is 3. The SMILES string of the molecule is O=C(NCc1ccc2c(c1)OCCO2)OCC(F)(F)F. The zero-order chi connectivity index (χ0) is 14.6. The second-order valence-electron chi connectivity index (χ2n) is 4.02. The Labute approximate surface area is 112 Å². The number of carbonyl (C=O) groups excluding carboxylic acids is 1. The van der Waals surface area contributed by atoms with Gasteiger partial charge in [0.05, 0.1) is 0 Å². The third kappa shape index (κ3) is 4.22. The highest BCUT2D eigenvalue weighted by molar-refractivity contribution is 5.67. The fraction of sp³-hybridized carbons (Fsp3) is 0.417. The van der Waals surface area contributed by atoms with Crippen LogP contribution in [0.5, 0.6) is 11.5 Å². The van der Waals surface area contributed by atoms with Crippen molar-refractivity contribution in [3.05, 3.63) is 23.8 Å². The maximum Gasteiger partial charge on any atom is 0.422 e. The number of hydrogen-bond donors (Lipinski definition) is 1. The van der Waals surface area contributed by atoms with E-state index in [0.29, 0.717) is 30.3 Å². The van der Waals surface area contributed by atoms with Gasteiger partial charge < -0.3 is 19.5 Å². The number of alkyl carbamates (subject to hydrolysis) is 1. The van der Waals surface area contributed by atoms with Gasteiger partial charge in [-0.1, -0.05) is 6.07 Å². The molecule has 1 aromatic carbocycles. The molecule has 110 valence electrons. The highest BCUT2D eigenvalue weighted by Gasteiger charge is 2.29. The number of alkyl halides is 3. The molecule has 0 saturated carbocycles. The summed E-state index contributed by atoms with van der Waals surface area (Å²) in [6.07, 6.45) is -5.66. The summed E-state index contributed by atoms with van der Waals surface area (Å²) >= 11 is 0. The van der Waals surface area contributed by atoms with E-state index >= 15 is 0 Å². The van der Waals surface area contributed by atoms with Crippen LogP contribution in [0.1, 0.15) is 5.56 Å². The quantitative estimate of drug-likeness (QED) is 0.928. The van der Waals surface area contributed by atoms with Crippen molar-refractivity contribution in [3.63, 3.8) is 0 Å². The van der Waals surface area contributed by atoms with Crippen molar-refractivity contribution >= 4 is 6.09 Å². The van der Waals surface area contributed by atoms with Crippen molar-refractivity contribution < 1.29 is 32.2 Å². The molecule has 0 radical (unpaired) electrons. The molecule has 1 aliphatic rings.